The molecular formula is C15H11N3O. The predicted molar refractivity (Wildman–Crippen MR) is 73.3 cm³/mol. The van der Waals surface area contributed by atoms with Gasteiger partial charge in [0, 0.05) is 18.0 Å². The predicted octanol–water partition coefficient (Wildman–Crippen LogP) is 2.00. The van der Waals surface area contributed by atoms with Crippen molar-refractivity contribution >= 4 is 17.8 Å². The number of amidine groups is 1. The zero-order chi connectivity index (χ0) is 13.1. The molecule has 0 spiro atoms. The summed E-state index contributed by atoms with van der Waals surface area (Å²) >= 11 is 0. The van der Waals surface area contributed by atoms with Gasteiger partial charge in [-0.25, -0.2) is 4.99 Å². The molecule has 1 amide bonds. The number of hydrogen-bond donors (Lipinski definition) is 1. The quantitative estimate of drug-likeness (QED) is 0.828. The fourth-order valence-electron chi connectivity index (χ4n) is 1.82. The van der Waals surface area contributed by atoms with Crippen molar-refractivity contribution in [3.63, 3.8) is 0 Å². The first kappa shape index (κ1) is 11.3. The average Bonchev–Trinajstić information content (AvgIpc) is 2.82. The van der Waals surface area contributed by atoms with Crippen molar-refractivity contribution < 1.29 is 4.79 Å². The molecule has 0 bridgehead atoms. The Kier molecular flexibility index (Phi) is 2.90. The largest absolute Gasteiger partial charge is 0.305 e. The van der Waals surface area contributed by atoms with E-state index < -0.39 is 0 Å². The molecule has 0 aliphatic carbocycles. The highest BCUT2D eigenvalue weighted by Crippen LogP contribution is 2.14. The van der Waals surface area contributed by atoms with E-state index in [4.69, 9.17) is 0 Å². The smallest absolute Gasteiger partial charge is 0.275 e. The average molecular weight is 249 g/mol. The highest BCUT2D eigenvalue weighted by atomic mass is 16.2. The van der Waals surface area contributed by atoms with E-state index in [1.807, 2.05) is 42.5 Å². The topological polar surface area (TPSA) is 54.4 Å². The number of pyridine rings is 1. The van der Waals surface area contributed by atoms with Crippen LogP contribution in [0.1, 0.15) is 11.1 Å². The Balaban J connectivity index is 1.94. The van der Waals surface area contributed by atoms with Crippen LogP contribution < -0.4 is 5.32 Å². The molecule has 19 heavy (non-hydrogen) atoms. The second kappa shape index (κ2) is 4.86. The van der Waals surface area contributed by atoms with Crippen molar-refractivity contribution in [2.45, 2.75) is 0 Å². The minimum Gasteiger partial charge on any atom is -0.305 e. The third kappa shape index (κ3) is 2.42. The van der Waals surface area contributed by atoms with Crippen molar-refractivity contribution in [1.82, 2.24) is 10.3 Å². The second-order valence-corrected chi connectivity index (χ2v) is 4.10. The highest BCUT2D eigenvalue weighted by molar-refractivity contribution is 6.19. The summed E-state index contributed by atoms with van der Waals surface area (Å²) in [5, 5.41) is 2.76. The maximum atomic E-state index is 11.8. The van der Waals surface area contributed by atoms with Gasteiger partial charge in [-0.05, 0) is 17.7 Å². The van der Waals surface area contributed by atoms with Gasteiger partial charge in [0.15, 0.2) is 0 Å². The summed E-state index contributed by atoms with van der Waals surface area (Å²) in [7, 11) is 0. The summed E-state index contributed by atoms with van der Waals surface area (Å²) in [6.45, 7) is 0. The molecule has 1 aromatic carbocycles. The van der Waals surface area contributed by atoms with Crippen molar-refractivity contribution in [2.24, 2.45) is 4.99 Å². The molecule has 0 saturated carbocycles. The van der Waals surface area contributed by atoms with E-state index >= 15 is 0 Å². The van der Waals surface area contributed by atoms with Gasteiger partial charge in [0.05, 0.1) is 0 Å². The third-order valence-corrected chi connectivity index (χ3v) is 2.73. The fraction of sp³-hybridized carbons (Fsp3) is 0. The first-order valence-electron chi connectivity index (χ1n) is 5.90. The molecule has 0 fully saturated rings. The van der Waals surface area contributed by atoms with Gasteiger partial charge in [0.2, 0.25) is 0 Å². The summed E-state index contributed by atoms with van der Waals surface area (Å²) in [6.07, 6.45) is 5.10. The number of nitrogens with zero attached hydrogens (tertiary/aromatic N) is 2. The Bertz CT molecular complexity index is 660. The fourth-order valence-corrected chi connectivity index (χ4v) is 1.82. The van der Waals surface area contributed by atoms with Crippen LogP contribution in [0.3, 0.4) is 0 Å². The minimum atomic E-state index is -0.192. The Hall–Kier alpha value is -2.75. The van der Waals surface area contributed by atoms with Crippen molar-refractivity contribution in [3.05, 3.63) is 71.7 Å². The van der Waals surface area contributed by atoms with Crippen LogP contribution in [-0.4, -0.2) is 16.7 Å². The Morgan fingerprint density at radius 3 is 2.63 bits per heavy atom. The highest BCUT2D eigenvalue weighted by Gasteiger charge is 2.20. The van der Waals surface area contributed by atoms with Crippen LogP contribution >= 0.6 is 0 Å². The molecule has 0 radical (unpaired) electrons. The Morgan fingerprint density at radius 1 is 1.05 bits per heavy atom. The lowest BCUT2D eigenvalue weighted by Gasteiger charge is -1.98. The zero-order valence-corrected chi connectivity index (χ0v) is 10.1. The molecule has 1 aliphatic rings. The van der Waals surface area contributed by atoms with Crippen molar-refractivity contribution in [2.75, 3.05) is 0 Å². The van der Waals surface area contributed by atoms with Gasteiger partial charge in [0.1, 0.15) is 11.5 Å². The Morgan fingerprint density at radius 2 is 1.89 bits per heavy atom. The van der Waals surface area contributed by atoms with Crippen LogP contribution in [0.2, 0.25) is 0 Å². The van der Waals surface area contributed by atoms with E-state index in [1.165, 1.54) is 0 Å². The first-order chi connectivity index (χ1) is 9.33. The second-order valence-electron chi connectivity index (χ2n) is 4.10. The number of hydrogen-bond acceptors (Lipinski definition) is 3. The number of aliphatic imine (C=N–C) groups is 1. The molecule has 4 heteroatoms. The van der Waals surface area contributed by atoms with Gasteiger partial charge >= 0.3 is 0 Å². The lowest BCUT2D eigenvalue weighted by molar-refractivity contribution is -0.115. The van der Waals surface area contributed by atoms with Crippen LogP contribution in [0.5, 0.6) is 0 Å². The van der Waals surface area contributed by atoms with Crippen molar-refractivity contribution in [1.29, 1.82) is 0 Å². The van der Waals surface area contributed by atoms with Crippen LogP contribution in [-0.2, 0) is 4.79 Å². The number of carbonyl (C=O) groups is 1. The molecule has 1 N–H and O–H groups in total. The number of rotatable bonds is 2. The van der Waals surface area contributed by atoms with Crippen LogP contribution in [0.15, 0.2) is 65.5 Å². The number of amides is 1. The van der Waals surface area contributed by atoms with Crippen LogP contribution in [0.25, 0.3) is 6.08 Å². The molecule has 1 aromatic heterocycles. The zero-order valence-electron chi connectivity index (χ0n) is 10.1. The molecule has 2 aromatic rings. The first-order valence-corrected chi connectivity index (χ1v) is 5.90. The molecule has 0 unspecified atom stereocenters. The standard InChI is InChI=1S/C15H11N3O/c19-15-13(9-11-5-4-8-16-10-11)17-14(18-15)12-6-2-1-3-7-12/h1-10H,(H,17,18,19)/b13-9+. The van der Waals surface area contributed by atoms with Gasteiger partial charge in [-0.3, -0.25) is 9.78 Å². The molecular weight excluding hydrogens is 238 g/mol. The van der Waals surface area contributed by atoms with E-state index in [0.717, 1.165) is 11.1 Å². The van der Waals surface area contributed by atoms with E-state index in [9.17, 15) is 4.79 Å². The summed E-state index contributed by atoms with van der Waals surface area (Å²) in [5.74, 6) is 0.392. The van der Waals surface area contributed by atoms with E-state index in [2.05, 4.69) is 15.3 Å². The van der Waals surface area contributed by atoms with Crippen molar-refractivity contribution in [3.8, 4) is 0 Å². The van der Waals surface area contributed by atoms with Crippen LogP contribution in [0.4, 0.5) is 0 Å². The van der Waals surface area contributed by atoms with Crippen LogP contribution in [0, 0.1) is 0 Å². The molecule has 4 nitrogen and oxygen atoms in total. The van der Waals surface area contributed by atoms with E-state index in [-0.39, 0.29) is 5.91 Å². The number of nitrogens with one attached hydrogen (secondary N) is 1. The van der Waals surface area contributed by atoms with E-state index in [0.29, 0.717) is 11.5 Å². The molecule has 0 atom stereocenters. The molecule has 92 valence electrons. The maximum Gasteiger partial charge on any atom is 0.275 e. The van der Waals surface area contributed by atoms with Gasteiger partial charge in [-0.1, -0.05) is 36.4 Å². The lowest BCUT2D eigenvalue weighted by atomic mass is 10.2. The van der Waals surface area contributed by atoms with Gasteiger partial charge in [0.25, 0.3) is 5.91 Å². The minimum absolute atomic E-state index is 0.192. The number of carbonyl (C=O) groups excluding carboxylic acids is 1. The summed E-state index contributed by atoms with van der Waals surface area (Å²) in [6, 6.07) is 13.3. The summed E-state index contributed by atoms with van der Waals surface area (Å²) in [4.78, 5) is 20.2. The Labute approximate surface area is 110 Å². The lowest BCUT2D eigenvalue weighted by Crippen LogP contribution is -2.24. The van der Waals surface area contributed by atoms with E-state index in [1.54, 1.807) is 18.5 Å². The number of benzene rings is 1. The SMILES string of the molecule is O=C1NC(c2ccccc2)=N/C1=C/c1cccnc1. The summed E-state index contributed by atoms with van der Waals surface area (Å²) < 4.78 is 0. The monoisotopic (exact) mass is 249 g/mol. The maximum absolute atomic E-state index is 11.8. The van der Waals surface area contributed by atoms with Gasteiger partial charge in [-0.15, -0.1) is 0 Å². The molecule has 3 rings (SSSR count). The molecule has 1 aliphatic heterocycles. The third-order valence-electron chi connectivity index (χ3n) is 2.73. The normalized spacial score (nSPS) is 16.3. The number of aromatic nitrogens is 1. The van der Waals surface area contributed by atoms with Gasteiger partial charge in [-0.2, -0.15) is 0 Å². The molecule has 0 saturated heterocycles. The van der Waals surface area contributed by atoms with Gasteiger partial charge < -0.3 is 5.32 Å². The molecule has 2 heterocycles. The summed E-state index contributed by atoms with van der Waals surface area (Å²) in [5.41, 5.74) is 2.14.